The third-order valence-corrected chi connectivity index (χ3v) is 4.19. The zero-order chi connectivity index (χ0) is 11.9. The largest absolute Gasteiger partial charge is 0.395 e. The first kappa shape index (κ1) is 13.3. The predicted molar refractivity (Wildman–Crippen MR) is 70.2 cm³/mol. The van der Waals surface area contributed by atoms with Crippen LogP contribution in [-0.4, -0.2) is 73.9 Å². The first-order valence-corrected chi connectivity index (χ1v) is 7.15. The standard InChI is InChI=1S/C13H27N3O/c17-12-11-15-6-1-13(2-7-15)3-8-16-9-4-14-5-10-16/h13-14,17H,1-12H2. The van der Waals surface area contributed by atoms with Crippen LogP contribution in [0.15, 0.2) is 0 Å². The van der Waals surface area contributed by atoms with Gasteiger partial charge in [0.2, 0.25) is 0 Å². The molecule has 2 aliphatic rings. The lowest BCUT2D eigenvalue weighted by Gasteiger charge is -2.33. The highest BCUT2D eigenvalue weighted by atomic mass is 16.3. The Kier molecular flexibility index (Phi) is 5.71. The molecule has 17 heavy (non-hydrogen) atoms. The quantitative estimate of drug-likeness (QED) is 0.710. The van der Waals surface area contributed by atoms with Gasteiger partial charge < -0.3 is 20.2 Å². The van der Waals surface area contributed by atoms with Crippen molar-refractivity contribution in [3.05, 3.63) is 0 Å². The molecule has 0 aromatic carbocycles. The number of piperidine rings is 1. The molecule has 2 aliphatic heterocycles. The molecule has 0 amide bonds. The summed E-state index contributed by atoms with van der Waals surface area (Å²) in [6.07, 6.45) is 4.02. The third kappa shape index (κ3) is 4.54. The number of nitrogens with one attached hydrogen (secondary N) is 1. The van der Waals surface area contributed by atoms with Crippen LogP contribution in [0.2, 0.25) is 0 Å². The van der Waals surface area contributed by atoms with Crippen molar-refractivity contribution >= 4 is 0 Å². The lowest BCUT2D eigenvalue weighted by molar-refractivity contribution is 0.135. The number of piperazine rings is 1. The summed E-state index contributed by atoms with van der Waals surface area (Å²) in [5, 5.41) is 12.3. The summed E-state index contributed by atoms with van der Waals surface area (Å²) in [5.74, 6) is 0.917. The lowest BCUT2D eigenvalue weighted by Crippen LogP contribution is -2.44. The number of nitrogens with zero attached hydrogens (tertiary/aromatic N) is 2. The van der Waals surface area contributed by atoms with Crippen LogP contribution in [0.1, 0.15) is 19.3 Å². The van der Waals surface area contributed by atoms with Gasteiger partial charge in [0.15, 0.2) is 0 Å². The average Bonchev–Trinajstić information content (AvgIpc) is 2.40. The molecule has 0 spiro atoms. The van der Waals surface area contributed by atoms with Crippen molar-refractivity contribution in [1.82, 2.24) is 15.1 Å². The molecule has 2 fully saturated rings. The Hall–Kier alpha value is -0.160. The molecule has 2 N–H and O–H groups in total. The topological polar surface area (TPSA) is 38.7 Å². The van der Waals surface area contributed by atoms with E-state index in [1.165, 1.54) is 52.0 Å². The van der Waals surface area contributed by atoms with Crippen LogP contribution in [0.4, 0.5) is 0 Å². The molecule has 0 aromatic heterocycles. The molecule has 4 nitrogen and oxygen atoms in total. The summed E-state index contributed by atoms with van der Waals surface area (Å²) in [5.41, 5.74) is 0. The van der Waals surface area contributed by atoms with E-state index in [0.717, 1.165) is 25.6 Å². The van der Waals surface area contributed by atoms with Gasteiger partial charge in [-0.25, -0.2) is 0 Å². The molecule has 0 radical (unpaired) electrons. The molecule has 2 heterocycles. The molecule has 100 valence electrons. The van der Waals surface area contributed by atoms with E-state index in [9.17, 15) is 0 Å². The first-order chi connectivity index (χ1) is 8.38. The van der Waals surface area contributed by atoms with Crippen molar-refractivity contribution in [2.75, 3.05) is 59.0 Å². The predicted octanol–water partition coefficient (Wildman–Crippen LogP) is -0.0140. The first-order valence-electron chi connectivity index (χ1n) is 7.15. The van der Waals surface area contributed by atoms with Gasteiger partial charge in [-0.05, 0) is 44.8 Å². The zero-order valence-electron chi connectivity index (χ0n) is 10.9. The number of rotatable bonds is 5. The van der Waals surface area contributed by atoms with Crippen LogP contribution in [0.3, 0.4) is 0 Å². The second kappa shape index (κ2) is 7.31. The summed E-state index contributed by atoms with van der Waals surface area (Å²) < 4.78 is 0. The maximum Gasteiger partial charge on any atom is 0.0558 e. The van der Waals surface area contributed by atoms with Crippen LogP contribution in [0.5, 0.6) is 0 Å². The molecule has 0 aromatic rings. The molecule has 2 saturated heterocycles. The fourth-order valence-corrected chi connectivity index (χ4v) is 2.94. The smallest absolute Gasteiger partial charge is 0.0558 e. The highest BCUT2D eigenvalue weighted by Crippen LogP contribution is 2.20. The van der Waals surface area contributed by atoms with E-state index < -0.39 is 0 Å². The molecule has 0 aliphatic carbocycles. The number of aliphatic hydroxyl groups is 1. The summed E-state index contributed by atoms with van der Waals surface area (Å²) in [6, 6.07) is 0. The van der Waals surface area contributed by atoms with Gasteiger partial charge >= 0.3 is 0 Å². The van der Waals surface area contributed by atoms with Gasteiger partial charge in [0, 0.05) is 32.7 Å². The number of aliphatic hydroxyl groups excluding tert-OH is 1. The van der Waals surface area contributed by atoms with Gasteiger partial charge in [-0.1, -0.05) is 0 Å². The van der Waals surface area contributed by atoms with Crippen LogP contribution < -0.4 is 5.32 Å². The van der Waals surface area contributed by atoms with E-state index >= 15 is 0 Å². The fraction of sp³-hybridized carbons (Fsp3) is 1.00. The Morgan fingerprint density at radius 2 is 1.59 bits per heavy atom. The summed E-state index contributed by atoms with van der Waals surface area (Å²) >= 11 is 0. The minimum Gasteiger partial charge on any atom is -0.395 e. The van der Waals surface area contributed by atoms with E-state index in [2.05, 4.69) is 15.1 Å². The summed E-state index contributed by atoms with van der Waals surface area (Å²) in [4.78, 5) is 4.98. The van der Waals surface area contributed by atoms with E-state index in [-0.39, 0.29) is 0 Å². The molecule has 0 saturated carbocycles. The van der Waals surface area contributed by atoms with Gasteiger partial charge in [0.25, 0.3) is 0 Å². The SMILES string of the molecule is OCCN1CCC(CCN2CCNCC2)CC1. The van der Waals surface area contributed by atoms with Gasteiger partial charge in [-0.15, -0.1) is 0 Å². The van der Waals surface area contributed by atoms with Gasteiger partial charge in [0.1, 0.15) is 0 Å². The fourth-order valence-electron chi connectivity index (χ4n) is 2.94. The maximum atomic E-state index is 8.90. The van der Waals surface area contributed by atoms with E-state index in [1.807, 2.05) is 0 Å². The molecule has 2 rings (SSSR count). The Bertz CT molecular complexity index is 199. The lowest BCUT2D eigenvalue weighted by atomic mass is 9.93. The molecular formula is C13H27N3O. The zero-order valence-corrected chi connectivity index (χ0v) is 10.9. The van der Waals surface area contributed by atoms with Crippen molar-refractivity contribution in [2.45, 2.75) is 19.3 Å². The van der Waals surface area contributed by atoms with Crippen molar-refractivity contribution in [3.8, 4) is 0 Å². The van der Waals surface area contributed by atoms with Crippen molar-refractivity contribution in [2.24, 2.45) is 5.92 Å². The Morgan fingerprint density at radius 3 is 2.24 bits per heavy atom. The number of likely N-dealkylation sites (tertiary alicyclic amines) is 1. The minimum absolute atomic E-state index is 0.311. The summed E-state index contributed by atoms with van der Waals surface area (Å²) in [7, 11) is 0. The van der Waals surface area contributed by atoms with Crippen LogP contribution >= 0.6 is 0 Å². The van der Waals surface area contributed by atoms with Crippen molar-refractivity contribution < 1.29 is 5.11 Å². The Morgan fingerprint density at radius 1 is 0.941 bits per heavy atom. The molecule has 0 atom stereocenters. The van der Waals surface area contributed by atoms with Crippen molar-refractivity contribution in [3.63, 3.8) is 0 Å². The number of β-amino-alcohol motifs (C(OH)–C–C–N with tert-alkyl or cyclic N) is 1. The van der Waals surface area contributed by atoms with Crippen LogP contribution in [0, 0.1) is 5.92 Å². The second-order valence-electron chi connectivity index (χ2n) is 5.39. The third-order valence-electron chi connectivity index (χ3n) is 4.19. The van der Waals surface area contributed by atoms with Gasteiger partial charge in [0.05, 0.1) is 6.61 Å². The Labute approximate surface area is 105 Å². The number of hydrogen-bond donors (Lipinski definition) is 2. The molecule has 0 bridgehead atoms. The highest BCUT2D eigenvalue weighted by molar-refractivity contribution is 4.75. The molecule has 0 unspecified atom stereocenters. The van der Waals surface area contributed by atoms with Crippen LogP contribution in [0.25, 0.3) is 0 Å². The second-order valence-corrected chi connectivity index (χ2v) is 5.39. The molecular weight excluding hydrogens is 214 g/mol. The summed E-state index contributed by atoms with van der Waals surface area (Å²) in [6.45, 7) is 9.61. The van der Waals surface area contributed by atoms with E-state index in [0.29, 0.717) is 6.61 Å². The molecule has 4 heteroatoms. The maximum absolute atomic E-state index is 8.90. The van der Waals surface area contributed by atoms with Crippen molar-refractivity contribution in [1.29, 1.82) is 0 Å². The minimum atomic E-state index is 0.311. The van der Waals surface area contributed by atoms with Gasteiger partial charge in [-0.3, -0.25) is 0 Å². The highest BCUT2D eigenvalue weighted by Gasteiger charge is 2.19. The van der Waals surface area contributed by atoms with E-state index in [4.69, 9.17) is 5.11 Å². The van der Waals surface area contributed by atoms with E-state index in [1.54, 1.807) is 0 Å². The van der Waals surface area contributed by atoms with Gasteiger partial charge in [-0.2, -0.15) is 0 Å². The average molecular weight is 241 g/mol. The number of hydrogen-bond acceptors (Lipinski definition) is 4. The van der Waals surface area contributed by atoms with Crippen LogP contribution in [-0.2, 0) is 0 Å². The normalized spacial score (nSPS) is 25.2. The Balaban J connectivity index is 1.57. The monoisotopic (exact) mass is 241 g/mol.